The first kappa shape index (κ1) is 15.8. The van der Waals surface area contributed by atoms with E-state index in [1.54, 1.807) is 4.90 Å². The zero-order valence-electron chi connectivity index (χ0n) is 13.9. The predicted octanol–water partition coefficient (Wildman–Crippen LogP) is 0.570. The van der Waals surface area contributed by atoms with Crippen molar-refractivity contribution in [1.82, 2.24) is 19.3 Å². The highest BCUT2D eigenvalue weighted by Gasteiger charge is 2.53. The number of likely N-dealkylation sites (tertiary alicyclic amines) is 1. The van der Waals surface area contributed by atoms with Crippen molar-refractivity contribution in [2.45, 2.75) is 12.0 Å². The summed E-state index contributed by atoms with van der Waals surface area (Å²) in [6, 6.07) is 3.69. The van der Waals surface area contributed by atoms with Gasteiger partial charge < -0.3 is 14.4 Å². The Morgan fingerprint density at radius 3 is 2.78 bits per heavy atom. The number of aryl methyl sites for hydroxylation is 1. The highest BCUT2D eigenvalue weighted by Crippen LogP contribution is 2.33. The normalized spacial score (nSPS) is 25.4. The lowest BCUT2D eigenvalue weighted by Crippen LogP contribution is -2.66. The van der Waals surface area contributed by atoms with Gasteiger partial charge in [0.2, 0.25) is 5.91 Å². The van der Waals surface area contributed by atoms with Crippen molar-refractivity contribution in [1.29, 1.82) is 0 Å². The Balaban J connectivity index is 1.85. The number of hydrogen-bond acceptors (Lipinski definition) is 3. The maximum atomic E-state index is 12.9. The number of hydrogen-bond donors (Lipinski definition) is 0. The molecular formula is C17H24N4O2. The quantitative estimate of drug-likeness (QED) is 0.766. The number of likely N-dealkylation sites (N-methyl/N-ethyl adjacent to an activating group) is 1. The van der Waals surface area contributed by atoms with E-state index in [-0.39, 0.29) is 11.8 Å². The van der Waals surface area contributed by atoms with Gasteiger partial charge in [-0.15, -0.1) is 6.58 Å². The van der Waals surface area contributed by atoms with Gasteiger partial charge >= 0.3 is 0 Å². The van der Waals surface area contributed by atoms with Gasteiger partial charge in [0, 0.05) is 53.0 Å². The van der Waals surface area contributed by atoms with Crippen molar-refractivity contribution in [3.63, 3.8) is 0 Å². The van der Waals surface area contributed by atoms with E-state index in [2.05, 4.69) is 11.5 Å². The maximum Gasteiger partial charge on any atom is 0.270 e. The lowest BCUT2D eigenvalue weighted by atomic mass is 9.91. The van der Waals surface area contributed by atoms with Gasteiger partial charge in [0.1, 0.15) is 11.2 Å². The largest absolute Gasteiger partial charge is 0.347 e. The van der Waals surface area contributed by atoms with Gasteiger partial charge in [0.15, 0.2) is 0 Å². The second-order valence-electron chi connectivity index (χ2n) is 6.47. The summed E-state index contributed by atoms with van der Waals surface area (Å²) in [5.41, 5.74) is 0.0658. The van der Waals surface area contributed by atoms with Gasteiger partial charge in [0.05, 0.1) is 0 Å². The zero-order chi connectivity index (χ0) is 16.6. The molecule has 3 rings (SSSR count). The van der Waals surface area contributed by atoms with Crippen LogP contribution in [0.3, 0.4) is 0 Å². The average Bonchev–Trinajstić information content (AvgIpc) is 3.15. The van der Waals surface area contributed by atoms with Crippen LogP contribution in [0.25, 0.3) is 0 Å². The molecule has 0 bridgehead atoms. The molecule has 23 heavy (non-hydrogen) atoms. The van der Waals surface area contributed by atoms with Crippen molar-refractivity contribution >= 4 is 11.8 Å². The lowest BCUT2D eigenvalue weighted by Gasteiger charge is -2.46. The van der Waals surface area contributed by atoms with Gasteiger partial charge in [0.25, 0.3) is 5.91 Å². The van der Waals surface area contributed by atoms with E-state index in [0.717, 1.165) is 13.1 Å². The molecule has 1 atom stereocenters. The van der Waals surface area contributed by atoms with Crippen molar-refractivity contribution in [2.24, 2.45) is 7.05 Å². The molecule has 0 saturated carbocycles. The van der Waals surface area contributed by atoms with Crippen LogP contribution in [0.5, 0.6) is 0 Å². The molecule has 6 nitrogen and oxygen atoms in total. The van der Waals surface area contributed by atoms with Gasteiger partial charge in [-0.1, -0.05) is 6.08 Å². The Morgan fingerprint density at radius 1 is 1.35 bits per heavy atom. The Labute approximate surface area is 136 Å². The van der Waals surface area contributed by atoms with Gasteiger partial charge in [-0.2, -0.15) is 0 Å². The van der Waals surface area contributed by atoms with E-state index >= 15 is 0 Å². The van der Waals surface area contributed by atoms with E-state index in [1.165, 1.54) is 0 Å². The molecule has 2 aliphatic rings. The topological polar surface area (TPSA) is 48.8 Å². The first-order valence-electron chi connectivity index (χ1n) is 8.02. The first-order valence-corrected chi connectivity index (χ1v) is 8.02. The van der Waals surface area contributed by atoms with Gasteiger partial charge in [-0.25, -0.2) is 0 Å². The third-order valence-corrected chi connectivity index (χ3v) is 5.10. The number of piperazine rings is 1. The Kier molecular flexibility index (Phi) is 4.02. The molecule has 0 N–H and O–H groups in total. The van der Waals surface area contributed by atoms with E-state index in [1.807, 2.05) is 48.0 Å². The standard InChI is InChI=1S/C17H24N4O2/c1-4-8-21-12-11-19(3)16(23)17(21)7-10-20(13-17)15(22)14-6-5-9-18(14)2/h4-6,9H,1,7-8,10-13H2,2-3H3. The van der Waals surface area contributed by atoms with Crippen LogP contribution < -0.4 is 0 Å². The highest BCUT2D eigenvalue weighted by atomic mass is 16.2. The van der Waals surface area contributed by atoms with E-state index in [0.29, 0.717) is 31.7 Å². The van der Waals surface area contributed by atoms with Crippen LogP contribution in [0.2, 0.25) is 0 Å². The fraction of sp³-hybridized carbons (Fsp3) is 0.529. The fourth-order valence-electron chi connectivity index (χ4n) is 3.74. The van der Waals surface area contributed by atoms with Gasteiger partial charge in [-0.3, -0.25) is 14.5 Å². The minimum atomic E-state index is -0.595. The number of carbonyl (C=O) groups excluding carboxylic acids is 2. The summed E-state index contributed by atoms with van der Waals surface area (Å²) in [7, 11) is 3.71. The van der Waals surface area contributed by atoms with Crippen LogP contribution in [-0.4, -0.2) is 76.4 Å². The third-order valence-electron chi connectivity index (χ3n) is 5.10. The molecule has 124 valence electrons. The predicted molar refractivity (Wildman–Crippen MR) is 88.1 cm³/mol. The summed E-state index contributed by atoms with van der Waals surface area (Å²) in [6.07, 6.45) is 4.38. The molecule has 0 radical (unpaired) electrons. The maximum absolute atomic E-state index is 12.9. The van der Waals surface area contributed by atoms with Crippen LogP contribution in [0.1, 0.15) is 16.9 Å². The summed E-state index contributed by atoms with van der Waals surface area (Å²) in [6.45, 7) is 7.08. The van der Waals surface area contributed by atoms with E-state index in [9.17, 15) is 9.59 Å². The Hall–Kier alpha value is -2.08. The first-order chi connectivity index (χ1) is 11.0. The van der Waals surface area contributed by atoms with Crippen molar-refractivity contribution in [3.8, 4) is 0 Å². The fourth-order valence-corrected chi connectivity index (χ4v) is 3.74. The van der Waals surface area contributed by atoms with Crippen molar-refractivity contribution < 1.29 is 9.59 Å². The molecule has 0 aliphatic carbocycles. The molecular weight excluding hydrogens is 292 g/mol. The van der Waals surface area contributed by atoms with Crippen LogP contribution >= 0.6 is 0 Å². The monoisotopic (exact) mass is 316 g/mol. The third kappa shape index (κ3) is 2.47. The SMILES string of the molecule is C=CCN1CCN(C)C(=O)C12CCN(C(=O)c1cccn1C)C2. The number of carbonyl (C=O) groups is 2. The summed E-state index contributed by atoms with van der Waals surface area (Å²) in [5.74, 6) is 0.113. The molecule has 3 heterocycles. The lowest BCUT2D eigenvalue weighted by molar-refractivity contribution is -0.148. The molecule has 1 unspecified atom stereocenters. The number of aromatic nitrogens is 1. The molecule has 2 amide bonds. The van der Waals surface area contributed by atoms with Crippen LogP contribution in [0.15, 0.2) is 31.0 Å². The van der Waals surface area contributed by atoms with Crippen LogP contribution in [-0.2, 0) is 11.8 Å². The molecule has 2 aliphatic heterocycles. The Bertz CT molecular complexity index is 638. The smallest absolute Gasteiger partial charge is 0.270 e. The molecule has 1 aromatic rings. The summed E-state index contributed by atoms with van der Waals surface area (Å²) in [5, 5.41) is 0. The molecule has 2 saturated heterocycles. The Morgan fingerprint density at radius 2 is 2.13 bits per heavy atom. The number of amides is 2. The van der Waals surface area contributed by atoms with Crippen LogP contribution in [0.4, 0.5) is 0 Å². The summed E-state index contributed by atoms with van der Waals surface area (Å²) >= 11 is 0. The molecule has 0 aromatic carbocycles. The second-order valence-corrected chi connectivity index (χ2v) is 6.47. The van der Waals surface area contributed by atoms with Gasteiger partial charge in [-0.05, 0) is 18.6 Å². The second kappa shape index (κ2) is 5.85. The van der Waals surface area contributed by atoms with E-state index in [4.69, 9.17) is 0 Å². The molecule has 2 fully saturated rings. The van der Waals surface area contributed by atoms with E-state index < -0.39 is 5.54 Å². The van der Waals surface area contributed by atoms with Crippen molar-refractivity contribution in [2.75, 3.05) is 39.8 Å². The molecule has 1 spiro atoms. The zero-order valence-corrected chi connectivity index (χ0v) is 13.9. The molecule has 1 aromatic heterocycles. The van der Waals surface area contributed by atoms with Crippen molar-refractivity contribution in [3.05, 3.63) is 36.7 Å². The highest BCUT2D eigenvalue weighted by molar-refractivity contribution is 5.95. The summed E-state index contributed by atoms with van der Waals surface area (Å²) in [4.78, 5) is 31.4. The minimum Gasteiger partial charge on any atom is -0.347 e. The minimum absolute atomic E-state index is 0.00560. The number of nitrogens with zero attached hydrogens (tertiary/aromatic N) is 4. The number of rotatable bonds is 3. The average molecular weight is 316 g/mol. The molecule has 6 heteroatoms. The summed E-state index contributed by atoms with van der Waals surface area (Å²) < 4.78 is 1.82. The van der Waals surface area contributed by atoms with Crippen LogP contribution in [0, 0.1) is 0 Å².